The third-order valence-electron chi connectivity index (χ3n) is 7.20. The normalized spacial score (nSPS) is 22.3. The summed E-state index contributed by atoms with van der Waals surface area (Å²) in [7, 11) is -4.10. The first-order valence-corrected chi connectivity index (χ1v) is 15.5. The number of carbonyl (C=O) groups excluding carboxylic acids is 2. The molecule has 9 nitrogen and oxygen atoms in total. The second kappa shape index (κ2) is 12.5. The first-order chi connectivity index (χ1) is 19.3. The highest BCUT2D eigenvalue weighted by molar-refractivity contribution is 7.89. The predicted molar refractivity (Wildman–Crippen MR) is 153 cm³/mol. The zero-order valence-electron chi connectivity index (χ0n) is 23.8. The minimum absolute atomic E-state index is 0.0107. The summed E-state index contributed by atoms with van der Waals surface area (Å²) in [6.45, 7) is 7.84. The Morgan fingerprint density at radius 3 is 2.44 bits per heavy atom. The monoisotopic (exact) mass is 609 g/mol. The second-order valence-electron chi connectivity index (χ2n) is 11.5. The number of halogens is 2. The van der Waals surface area contributed by atoms with Gasteiger partial charge in [0.15, 0.2) is 0 Å². The summed E-state index contributed by atoms with van der Waals surface area (Å²) in [6, 6.07) is 10.2. The molecule has 2 fully saturated rings. The number of rotatable bonds is 5. The van der Waals surface area contributed by atoms with Gasteiger partial charge in [-0.15, -0.1) is 0 Å². The zero-order valence-corrected chi connectivity index (χ0v) is 25.3. The van der Waals surface area contributed by atoms with E-state index in [2.05, 4.69) is 0 Å². The van der Waals surface area contributed by atoms with E-state index in [4.69, 9.17) is 21.1 Å². The molecule has 0 bridgehead atoms. The number of carbonyl (C=O) groups is 2. The van der Waals surface area contributed by atoms with Crippen LogP contribution in [0.3, 0.4) is 0 Å². The van der Waals surface area contributed by atoms with E-state index in [0.717, 1.165) is 0 Å². The highest BCUT2D eigenvalue weighted by atomic mass is 35.5. The molecule has 2 amide bonds. The summed E-state index contributed by atoms with van der Waals surface area (Å²) in [5, 5.41) is 0.271. The molecule has 2 heterocycles. The third kappa shape index (κ3) is 7.50. The van der Waals surface area contributed by atoms with Gasteiger partial charge < -0.3 is 19.3 Å². The fraction of sp³-hybridized carbons (Fsp3) is 0.517. The number of ether oxygens (including phenoxy) is 2. The van der Waals surface area contributed by atoms with Crippen LogP contribution in [0.5, 0.6) is 0 Å². The molecule has 2 aromatic rings. The van der Waals surface area contributed by atoms with Gasteiger partial charge in [0.2, 0.25) is 10.0 Å². The Bertz CT molecular complexity index is 1370. The molecule has 0 spiro atoms. The van der Waals surface area contributed by atoms with Crippen molar-refractivity contribution >= 4 is 33.8 Å². The average Bonchev–Trinajstić information content (AvgIpc) is 2.90. The van der Waals surface area contributed by atoms with Crippen molar-refractivity contribution in [2.45, 2.75) is 75.6 Å². The Kier molecular flexibility index (Phi) is 9.50. The van der Waals surface area contributed by atoms with E-state index in [1.807, 2.05) is 6.92 Å². The van der Waals surface area contributed by atoms with Crippen LogP contribution >= 0.6 is 11.6 Å². The van der Waals surface area contributed by atoms with Crippen molar-refractivity contribution in [3.8, 4) is 0 Å². The van der Waals surface area contributed by atoms with E-state index in [9.17, 15) is 22.4 Å². The van der Waals surface area contributed by atoms with Gasteiger partial charge in [0, 0.05) is 24.7 Å². The molecule has 224 valence electrons. The van der Waals surface area contributed by atoms with Crippen LogP contribution in [0.4, 0.5) is 14.0 Å². The molecule has 0 aliphatic carbocycles. The lowest BCUT2D eigenvalue weighted by atomic mass is 9.93. The molecule has 2 aliphatic rings. The number of piperidine rings is 1. The standard InChI is InChI=1S/C29H37ClFN3O6S/c1-20-18-32(27(35)40-29(2,3)4)14-15-33(20)28(36)39-19-24-11-7-13-26(21-8-5-10-23(31)16-21)34(24)41(37,38)25-12-6-9-22(30)17-25/h5-6,8-10,12,16-17,20,24,26H,7,11,13-15,18-19H2,1-4H3/t20?,24-,26+/m1/s1. The Hall–Kier alpha value is -2.89. The number of piperazine rings is 1. The van der Waals surface area contributed by atoms with E-state index >= 15 is 0 Å². The van der Waals surface area contributed by atoms with Gasteiger partial charge in [-0.05, 0) is 82.9 Å². The van der Waals surface area contributed by atoms with E-state index in [1.165, 1.54) is 33.5 Å². The SMILES string of the molecule is CC1CN(C(=O)OC(C)(C)C)CCN1C(=O)OC[C@H]1CCC[C@@H](c2cccc(F)c2)N1S(=O)(=O)c1cccc(Cl)c1. The molecule has 0 N–H and O–H groups in total. The van der Waals surface area contributed by atoms with Crippen molar-refractivity contribution < 1.29 is 31.9 Å². The molecule has 0 aromatic heterocycles. The van der Waals surface area contributed by atoms with Gasteiger partial charge in [0.1, 0.15) is 18.0 Å². The van der Waals surface area contributed by atoms with Gasteiger partial charge in [-0.1, -0.05) is 29.8 Å². The highest BCUT2D eigenvalue weighted by Crippen LogP contribution is 2.39. The molecule has 0 saturated carbocycles. The summed E-state index contributed by atoms with van der Waals surface area (Å²) in [5.74, 6) is -0.462. The minimum atomic E-state index is -4.10. The molecule has 41 heavy (non-hydrogen) atoms. The number of benzene rings is 2. The van der Waals surface area contributed by atoms with Crippen LogP contribution in [0.1, 0.15) is 58.6 Å². The quantitative estimate of drug-likeness (QED) is 0.422. The zero-order chi connectivity index (χ0) is 29.9. The fourth-order valence-electron chi connectivity index (χ4n) is 5.32. The number of hydrogen-bond donors (Lipinski definition) is 0. The van der Waals surface area contributed by atoms with Crippen LogP contribution in [0.25, 0.3) is 0 Å². The Morgan fingerprint density at radius 2 is 1.78 bits per heavy atom. The molecule has 3 atom stereocenters. The minimum Gasteiger partial charge on any atom is -0.448 e. The van der Waals surface area contributed by atoms with Crippen LogP contribution in [0, 0.1) is 5.82 Å². The first kappa shape index (κ1) is 31.1. The molecule has 2 aliphatic heterocycles. The summed E-state index contributed by atoms with van der Waals surface area (Å²) >= 11 is 6.12. The largest absolute Gasteiger partial charge is 0.448 e. The van der Waals surface area contributed by atoms with Crippen LogP contribution in [0.2, 0.25) is 5.02 Å². The van der Waals surface area contributed by atoms with Gasteiger partial charge >= 0.3 is 12.2 Å². The van der Waals surface area contributed by atoms with Crippen molar-refractivity contribution in [1.29, 1.82) is 0 Å². The fourth-order valence-corrected chi connectivity index (χ4v) is 7.47. The van der Waals surface area contributed by atoms with Gasteiger partial charge in [-0.2, -0.15) is 4.31 Å². The molecule has 1 unspecified atom stereocenters. The van der Waals surface area contributed by atoms with Crippen molar-refractivity contribution in [3.63, 3.8) is 0 Å². The lowest BCUT2D eigenvalue weighted by Gasteiger charge is -2.42. The van der Waals surface area contributed by atoms with Gasteiger partial charge in [0.25, 0.3) is 0 Å². The number of sulfonamides is 1. The summed E-state index contributed by atoms with van der Waals surface area (Å²) in [6.07, 6.45) is 0.577. The second-order valence-corrected chi connectivity index (χ2v) is 13.8. The summed E-state index contributed by atoms with van der Waals surface area (Å²) in [5.41, 5.74) is -0.102. The van der Waals surface area contributed by atoms with Crippen molar-refractivity contribution in [3.05, 3.63) is 64.9 Å². The molecule has 4 rings (SSSR count). The lowest BCUT2D eigenvalue weighted by molar-refractivity contribution is 0.00101. The molecule has 2 saturated heterocycles. The van der Waals surface area contributed by atoms with Crippen LogP contribution in [-0.4, -0.2) is 78.6 Å². The van der Waals surface area contributed by atoms with Crippen LogP contribution in [-0.2, 0) is 19.5 Å². The smallest absolute Gasteiger partial charge is 0.410 e. The topological polar surface area (TPSA) is 96.5 Å². The number of nitrogens with zero attached hydrogens (tertiary/aromatic N) is 3. The Morgan fingerprint density at radius 1 is 1.05 bits per heavy atom. The number of amides is 2. The predicted octanol–water partition coefficient (Wildman–Crippen LogP) is 5.84. The molecule has 2 aromatic carbocycles. The molecule has 0 radical (unpaired) electrons. The molecular weight excluding hydrogens is 573 g/mol. The van der Waals surface area contributed by atoms with E-state index in [-0.39, 0.29) is 42.2 Å². The van der Waals surface area contributed by atoms with E-state index < -0.39 is 45.7 Å². The highest BCUT2D eigenvalue weighted by Gasteiger charge is 2.42. The van der Waals surface area contributed by atoms with Gasteiger partial charge in [0.05, 0.1) is 23.0 Å². The van der Waals surface area contributed by atoms with Crippen LogP contribution in [0.15, 0.2) is 53.4 Å². The Balaban J connectivity index is 1.51. The molecular formula is C29H37ClFN3O6S. The van der Waals surface area contributed by atoms with E-state index in [0.29, 0.717) is 24.8 Å². The van der Waals surface area contributed by atoms with Crippen LogP contribution < -0.4 is 0 Å². The maximum absolute atomic E-state index is 14.2. The third-order valence-corrected chi connectivity index (χ3v) is 9.39. The maximum Gasteiger partial charge on any atom is 0.410 e. The van der Waals surface area contributed by atoms with Crippen molar-refractivity contribution in [2.24, 2.45) is 0 Å². The number of hydrogen-bond acceptors (Lipinski definition) is 6. The van der Waals surface area contributed by atoms with Crippen molar-refractivity contribution in [1.82, 2.24) is 14.1 Å². The first-order valence-electron chi connectivity index (χ1n) is 13.7. The van der Waals surface area contributed by atoms with Crippen molar-refractivity contribution in [2.75, 3.05) is 26.2 Å². The summed E-state index contributed by atoms with van der Waals surface area (Å²) < 4.78 is 54.7. The molecule has 12 heteroatoms. The van der Waals surface area contributed by atoms with E-state index in [1.54, 1.807) is 49.9 Å². The summed E-state index contributed by atoms with van der Waals surface area (Å²) in [4.78, 5) is 28.7. The Labute approximate surface area is 246 Å². The van der Waals surface area contributed by atoms with Gasteiger partial charge in [-0.25, -0.2) is 22.4 Å². The average molecular weight is 610 g/mol. The van der Waals surface area contributed by atoms with Gasteiger partial charge in [-0.3, -0.25) is 0 Å². The lowest BCUT2D eigenvalue weighted by Crippen LogP contribution is -2.56. The maximum atomic E-state index is 14.2.